The van der Waals surface area contributed by atoms with Gasteiger partial charge in [-0.15, -0.1) is 11.3 Å². The lowest BCUT2D eigenvalue weighted by molar-refractivity contribution is 0.0602. The van der Waals surface area contributed by atoms with Crippen LogP contribution in [0.5, 0.6) is 0 Å². The van der Waals surface area contributed by atoms with Crippen LogP contribution in [0, 0.1) is 0 Å². The van der Waals surface area contributed by atoms with E-state index in [1.807, 2.05) is 23.1 Å². The molecule has 1 N–H and O–H groups in total. The standard InChI is InChI=1S/C15H17N3O4S2/c1-22-15(19)14-12(6-9-23-14)24(20,21)17-11-5-8-18(10-11)13-4-2-3-7-16-13/h2-4,6-7,9,11,17H,5,8,10H2,1H3/t11-/m0/s1. The highest BCUT2D eigenvalue weighted by molar-refractivity contribution is 7.89. The highest BCUT2D eigenvalue weighted by Gasteiger charge is 2.31. The number of aromatic nitrogens is 1. The second-order valence-electron chi connectivity index (χ2n) is 5.35. The summed E-state index contributed by atoms with van der Waals surface area (Å²) in [7, 11) is -2.55. The molecule has 3 rings (SSSR count). The van der Waals surface area contributed by atoms with Crippen LogP contribution in [0.25, 0.3) is 0 Å². The van der Waals surface area contributed by atoms with Gasteiger partial charge in [0.25, 0.3) is 0 Å². The molecule has 0 spiro atoms. The van der Waals surface area contributed by atoms with Gasteiger partial charge in [-0.05, 0) is 30.0 Å². The zero-order chi connectivity index (χ0) is 17.2. The minimum atomic E-state index is -3.78. The van der Waals surface area contributed by atoms with Crippen LogP contribution >= 0.6 is 11.3 Å². The van der Waals surface area contributed by atoms with Crippen LogP contribution in [-0.2, 0) is 14.8 Å². The van der Waals surface area contributed by atoms with E-state index in [4.69, 9.17) is 0 Å². The average molecular weight is 367 g/mol. The first-order valence-corrected chi connectivity index (χ1v) is 9.71. The van der Waals surface area contributed by atoms with Gasteiger partial charge in [0, 0.05) is 25.3 Å². The molecule has 0 bridgehead atoms. The van der Waals surface area contributed by atoms with Gasteiger partial charge in [-0.1, -0.05) is 6.07 Å². The fourth-order valence-electron chi connectivity index (χ4n) is 2.64. The van der Waals surface area contributed by atoms with Gasteiger partial charge in [0.2, 0.25) is 10.0 Å². The fourth-order valence-corrected chi connectivity index (χ4v) is 5.24. The first-order chi connectivity index (χ1) is 11.5. The van der Waals surface area contributed by atoms with Crippen molar-refractivity contribution in [3.8, 4) is 0 Å². The van der Waals surface area contributed by atoms with Gasteiger partial charge < -0.3 is 9.64 Å². The molecule has 1 fully saturated rings. The normalized spacial score (nSPS) is 17.9. The Kier molecular flexibility index (Phi) is 4.83. The number of carbonyl (C=O) groups is 1. The summed E-state index contributed by atoms with van der Waals surface area (Å²) in [5.74, 6) is 0.178. The van der Waals surface area contributed by atoms with Crippen LogP contribution in [-0.4, -0.2) is 45.6 Å². The van der Waals surface area contributed by atoms with Gasteiger partial charge in [0.15, 0.2) is 0 Å². The Labute approximate surface area is 144 Å². The van der Waals surface area contributed by atoms with E-state index in [9.17, 15) is 13.2 Å². The van der Waals surface area contributed by atoms with Crippen LogP contribution in [0.2, 0.25) is 0 Å². The summed E-state index contributed by atoms with van der Waals surface area (Å²) in [6.45, 7) is 1.26. The molecular weight excluding hydrogens is 350 g/mol. The smallest absolute Gasteiger partial charge is 0.349 e. The summed E-state index contributed by atoms with van der Waals surface area (Å²) in [5.41, 5.74) is 0. The monoisotopic (exact) mass is 367 g/mol. The maximum Gasteiger partial charge on any atom is 0.349 e. The molecule has 0 unspecified atom stereocenters. The van der Waals surface area contributed by atoms with Crippen LogP contribution in [0.1, 0.15) is 16.1 Å². The number of rotatable bonds is 5. The lowest BCUT2D eigenvalue weighted by Gasteiger charge is -2.17. The number of carbonyl (C=O) groups excluding carboxylic acids is 1. The van der Waals surface area contributed by atoms with Crippen LogP contribution < -0.4 is 9.62 Å². The molecule has 3 heterocycles. The molecule has 2 aromatic rings. The predicted molar refractivity (Wildman–Crippen MR) is 90.8 cm³/mol. The zero-order valence-corrected chi connectivity index (χ0v) is 14.6. The van der Waals surface area contributed by atoms with Crippen LogP contribution in [0.15, 0.2) is 40.7 Å². The average Bonchev–Trinajstić information content (AvgIpc) is 3.24. The quantitative estimate of drug-likeness (QED) is 0.806. The van der Waals surface area contributed by atoms with Gasteiger partial charge >= 0.3 is 5.97 Å². The third kappa shape index (κ3) is 3.42. The molecule has 0 aliphatic carbocycles. The molecule has 128 valence electrons. The maximum absolute atomic E-state index is 12.6. The largest absolute Gasteiger partial charge is 0.465 e. The highest BCUT2D eigenvalue weighted by atomic mass is 32.2. The van der Waals surface area contributed by atoms with Crippen molar-refractivity contribution >= 4 is 33.1 Å². The number of nitrogens with zero attached hydrogens (tertiary/aromatic N) is 2. The van der Waals surface area contributed by atoms with Gasteiger partial charge in [0.1, 0.15) is 15.6 Å². The summed E-state index contributed by atoms with van der Waals surface area (Å²) >= 11 is 1.05. The number of sulfonamides is 1. The highest BCUT2D eigenvalue weighted by Crippen LogP contribution is 2.24. The second kappa shape index (κ2) is 6.88. The Morgan fingerprint density at radius 3 is 2.96 bits per heavy atom. The molecule has 24 heavy (non-hydrogen) atoms. The van der Waals surface area contributed by atoms with E-state index < -0.39 is 16.0 Å². The molecule has 0 saturated carbocycles. The van der Waals surface area contributed by atoms with Gasteiger partial charge in [-0.3, -0.25) is 0 Å². The number of hydrogen-bond donors (Lipinski definition) is 1. The molecule has 9 heteroatoms. The molecule has 0 aromatic carbocycles. The van der Waals surface area contributed by atoms with E-state index in [0.717, 1.165) is 23.7 Å². The lowest BCUT2D eigenvalue weighted by atomic mass is 10.3. The van der Waals surface area contributed by atoms with Crippen molar-refractivity contribution in [3.05, 3.63) is 40.7 Å². The van der Waals surface area contributed by atoms with E-state index in [2.05, 4.69) is 14.4 Å². The minimum Gasteiger partial charge on any atom is -0.465 e. The molecule has 0 radical (unpaired) electrons. The maximum atomic E-state index is 12.6. The second-order valence-corrected chi connectivity index (χ2v) is 7.94. The van der Waals surface area contributed by atoms with E-state index in [0.29, 0.717) is 13.0 Å². The SMILES string of the molecule is COC(=O)c1sccc1S(=O)(=O)N[C@H]1CCN(c2ccccn2)C1. The lowest BCUT2D eigenvalue weighted by Crippen LogP contribution is -2.37. The first-order valence-electron chi connectivity index (χ1n) is 7.35. The molecule has 1 aliphatic rings. The Hall–Kier alpha value is -1.97. The summed E-state index contributed by atoms with van der Waals surface area (Å²) in [6.07, 6.45) is 2.38. The van der Waals surface area contributed by atoms with Gasteiger partial charge in [-0.2, -0.15) is 0 Å². The molecule has 2 aromatic heterocycles. The van der Waals surface area contributed by atoms with E-state index in [1.54, 1.807) is 11.6 Å². The number of thiophene rings is 1. The van der Waals surface area contributed by atoms with Crippen molar-refractivity contribution in [3.63, 3.8) is 0 Å². The van der Waals surface area contributed by atoms with Crippen molar-refractivity contribution in [2.75, 3.05) is 25.1 Å². The van der Waals surface area contributed by atoms with E-state index >= 15 is 0 Å². The Morgan fingerprint density at radius 2 is 2.25 bits per heavy atom. The summed E-state index contributed by atoms with van der Waals surface area (Å²) in [5, 5.41) is 1.57. The number of ether oxygens (including phenoxy) is 1. The molecule has 7 nitrogen and oxygen atoms in total. The number of pyridine rings is 1. The van der Waals surface area contributed by atoms with Crippen molar-refractivity contribution in [2.24, 2.45) is 0 Å². The Bertz CT molecular complexity index is 820. The third-order valence-electron chi connectivity index (χ3n) is 3.77. The summed E-state index contributed by atoms with van der Waals surface area (Å²) < 4.78 is 32.5. The first kappa shape index (κ1) is 16.9. The Balaban J connectivity index is 1.72. The number of anilines is 1. The predicted octanol–water partition coefficient (Wildman–Crippen LogP) is 1.49. The van der Waals surface area contributed by atoms with Crippen LogP contribution in [0.4, 0.5) is 5.82 Å². The molecule has 1 saturated heterocycles. The molecule has 1 atom stereocenters. The van der Waals surface area contributed by atoms with Gasteiger partial charge in [-0.25, -0.2) is 22.9 Å². The topological polar surface area (TPSA) is 88.6 Å². The fraction of sp³-hybridized carbons (Fsp3) is 0.333. The van der Waals surface area contributed by atoms with E-state index in [1.165, 1.54) is 13.2 Å². The number of hydrogen-bond acceptors (Lipinski definition) is 7. The van der Waals surface area contributed by atoms with E-state index in [-0.39, 0.29) is 15.8 Å². The third-order valence-corrected chi connectivity index (χ3v) is 6.36. The van der Waals surface area contributed by atoms with Crippen molar-refractivity contribution < 1.29 is 17.9 Å². The van der Waals surface area contributed by atoms with Crippen LogP contribution in [0.3, 0.4) is 0 Å². The summed E-state index contributed by atoms with van der Waals surface area (Å²) in [4.78, 5) is 18.1. The Morgan fingerprint density at radius 1 is 1.42 bits per heavy atom. The number of nitrogens with one attached hydrogen (secondary N) is 1. The number of methoxy groups -OCH3 is 1. The zero-order valence-electron chi connectivity index (χ0n) is 13.0. The molecular formula is C15H17N3O4S2. The van der Waals surface area contributed by atoms with Crippen molar-refractivity contribution in [1.29, 1.82) is 0 Å². The minimum absolute atomic E-state index is 0.0318. The van der Waals surface area contributed by atoms with Gasteiger partial charge in [0.05, 0.1) is 7.11 Å². The molecule has 0 amide bonds. The summed E-state index contributed by atoms with van der Waals surface area (Å²) in [6, 6.07) is 6.82. The number of esters is 1. The van der Waals surface area contributed by atoms with Crippen molar-refractivity contribution in [1.82, 2.24) is 9.71 Å². The van der Waals surface area contributed by atoms with Crippen molar-refractivity contribution in [2.45, 2.75) is 17.4 Å². The molecule has 1 aliphatic heterocycles.